The molecule has 0 bridgehead atoms. The van der Waals surface area contributed by atoms with Crippen LogP contribution < -0.4 is 0 Å². The molecule has 86 valence electrons. The Bertz CT molecular complexity index is 457. The van der Waals surface area contributed by atoms with Gasteiger partial charge < -0.3 is 9.72 Å². The van der Waals surface area contributed by atoms with E-state index in [0.29, 0.717) is 17.7 Å². The minimum Gasteiger partial charge on any atom is -0.464 e. The van der Waals surface area contributed by atoms with Gasteiger partial charge in [0.2, 0.25) is 0 Å². The van der Waals surface area contributed by atoms with Gasteiger partial charge in [-0.3, -0.25) is 4.79 Å². The second kappa shape index (κ2) is 3.47. The number of fused-ring (bicyclic) bond motifs is 1. The number of rotatable bonds is 1. The van der Waals surface area contributed by atoms with Crippen LogP contribution in [-0.2, 0) is 11.2 Å². The second-order valence-electron chi connectivity index (χ2n) is 4.99. The third kappa shape index (κ3) is 1.64. The summed E-state index contributed by atoms with van der Waals surface area (Å²) >= 11 is 0. The first kappa shape index (κ1) is 10.9. The van der Waals surface area contributed by atoms with Crippen molar-refractivity contribution in [2.45, 2.75) is 26.7 Å². The lowest BCUT2D eigenvalue weighted by Gasteiger charge is -2.28. The number of methoxy groups -OCH3 is 1. The fourth-order valence-corrected chi connectivity index (χ4v) is 2.24. The first-order chi connectivity index (χ1) is 7.44. The number of aromatic nitrogens is 1. The molecule has 1 aliphatic rings. The Labute approximate surface area is 94.0 Å². The van der Waals surface area contributed by atoms with E-state index in [4.69, 9.17) is 0 Å². The van der Waals surface area contributed by atoms with Crippen LogP contribution in [0.2, 0.25) is 0 Å². The molecule has 4 heteroatoms. The standard InChI is InChI=1S/C12H15NO3/c1-12(2)4-7-8(9(14)5-12)6-13-10(7)11(15)16-3/h6,13H,4-5H2,1-3H3. The van der Waals surface area contributed by atoms with E-state index in [0.717, 1.165) is 12.0 Å². The molecule has 16 heavy (non-hydrogen) atoms. The quantitative estimate of drug-likeness (QED) is 0.737. The molecule has 0 saturated carbocycles. The Morgan fingerprint density at radius 1 is 1.44 bits per heavy atom. The maximum atomic E-state index is 11.9. The van der Waals surface area contributed by atoms with Crippen molar-refractivity contribution in [3.05, 3.63) is 23.0 Å². The number of aromatic amines is 1. The molecule has 0 unspecified atom stereocenters. The van der Waals surface area contributed by atoms with E-state index in [9.17, 15) is 9.59 Å². The number of esters is 1. The van der Waals surface area contributed by atoms with Crippen molar-refractivity contribution in [1.82, 2.24) is 4.98 Å². The highest BCUT2D eigenvalue weighted by Crippen LogP contribution is 2.36. The molecule has 0 aromatic carbocycles. The number of Topliss-reactive ketones (excluding diaryl/α,β-unsaturated/α-hetero) is 1. The number of ether oxygens (including phenoxy) is 1. The average Bonchev–Trinajstić information content (AvgIpc) is 2.58. The van der Waals surface area contributed by atoms with Crippen LogP contribution in [0, 0.1) is 5.41 Å². The number of H-pyrrole nitrogens is 1. The van der Waals surface area contributed by atoms with E-state index >= 15 is 0 Å². The predicted molar refractivity (Wildman–Crippen MR) is 58.6 cm³/mol. The van der Waals surface area contributed by atoms with Gasteiger partial charge >= 0.3 is 5.97 Å². The first-order valence-electron chi connectivity index (χ1n) is 5.26. The third-order valence-corrected chi connectivity index (χ3v) is 2.97. The summed E-state index contributed by atoms with van der Waals surface area (Å²) in [6, 6.07) is 0. The van der Waals surface area contributed by atoms with Crippen molar-refractivity contribution in [1.29, 1.82) is 0 Å². The lowest BCUT2D eigenvalue weighted by atomic mass is 9.74. The maximum Gasteiger partial charge on any atom is 0.354 e. The van der Waals surface area contributed by atoms with Crippen LogP contribution in [0.15, 0.2) is 6.20 Å². The summed E-state index contributed by atoms with van der Waals surface area (Å²) in [5.74, 6) is -0.315. The normalized spacial score (nSPS) is 18.1. The van der Waals surface area contributed by atoms with Crippen molar-refractivity contribution in [2.24, 2.45) is 5.41 Å². The Morgan fingerprint density at radius 3 is 2.75 bits per heavy atom. The van der Waals surface area contributed by atoms with Gasteiger partial charge in [-0.1, -0.05) is 13.8 Å². The molecule has 1 heterocycles. The molecule has 2 rings (SSSR count). The van der Waals surface area contributed by atoms with Crippen LogP contribution in [0.25, 0.3) is 0 Å². The highest BCUT2D eigenvalue weighted by Gasteiger charge is 2.34. The molecular weight excluding hydrogens is 206 g/mol. The molecule has 1 N–H and O–H groups in total. The number of nitrogens with one attached hydrogen (secondary N) is 1. The SMILES string of the molecule is COC(=O)c1[nH]cc2c1CC(C)(C)CC2=O. The van der Waals surface area contributed by atoms with Gasteiger partial charge in [0.05, 0.1) is 7.11 Å². The van der Waals surface area contributed by atoms with E-state index in [1.165, 1.54) is 7.11 Å². The van der Waals surface area contributed by atoms with E-state index in [2.05, 4.69) is 9.72 Å². The third-order valence-electron chi connectivity index (χ3n) is 2.97. The van der Waals surface area contributed by atoms with Crippen LogP contribution in [0.4, 0.5) is 0 Å². The molecule has 0 saturated heterocycles. The molecule has 1 aliphatic carbocycles. The fourth-order valence-electron chi connectivity index (χ4n) is 2.24. The van der Waals surface area contributed by atoms with Gasteiger partial charge in [-0.2, -0.15) is 0 Å². The lowest BCUT2D eigenvalue weighted by Crippen LogP contribution is -2.27. The van der Waals surface area contributed by atoms with Gasteiger partial charge in [0.25, 0.3) is 0 Å². The van der Waals surface area contributed by atoms with E-state index in [1.54, 1.807) is 6.20 Å². The number of hydrogen-bond donors (Lipinski definition) is 1. The summed E-state index contributed by atoms with van der Waals surface area (Å²) in [6.45, 7) is 4.06. The fraction of sp³-hybridized carbons (Fsp3) is 0.500. The van der Waals surface area contributed by atoms with Crippen LogP contribution in [0.1, 0.15) is 46.7 Å². The second-order valence-corrected chi connectivity index (χ2v) is 4.99. The molecule has 0 aliphatic heterocycles. The lowest BCUT2D eigenvalue weighted by molar-refractivity contribution is 0.0593. The van der Waals surface area contributed by atoms with Gasteiger partial charge in [-0.05, 0) is 17.4 Å². The summed E-state index contributed by atoms with van der Waals surface area (Å²) in [7, 11) is 1.34. The van der Waals surface area contributed by atoms with Gasteiger partial charge in [0.1, 0.15) is 5.69 Å². The summed E-state index contributed by atoms with van der Waals surface area (Å²) in [5.41, 5.74) is 1.76. The minimum absolute atomic E-state index is 0.0882. The number of carbonyl (C=O) groups is 2. The Hall–Kier alpha value is -1.58. The molecule has 1 aromatic rings. The van der Waals surface area contributed by atoms with Crippen LogP contribution in [0.3, 0.4) is 0 Å². The minimum atomic E-state index is -0.410. The first-order valence-corrected chi connectivity index (χ1v) is 5.26. The number of ketones is 1. The maximum absolute atomic E-state index is 11.9. The molecule has 0 spiro atoms. The zero-order valence-corrected chi connectivity index (χ0v) is 9.72. The van der Waals surface area contributed by atoms with Crippen LogP contribution >= 0.6 is 0 Å². The number of carbonyl (C=O) groups excluding carboxylic acids is 2. The van der Waals surface area contributed by atoms with Crippen molar-refractivity contribution in [3.63, 3.8) is 0 Å². The van der Waals surface area contributed by atoms with E-state index in [1.807, 2.05) is 13.8 Å². The monoisotopic (exact) mass is 221 g/mol. The summed E-state index contributed by atoms with van der Waals surface area (Å²) in [4.78, 5) is 26.2. The molecule has 0 amide bonds. The summed E-state index contributed by atoms with van der Waals surface area (Å²) in [6.07, 6.45) is 2.86. The highest BCUT2D eigenvalue weighted by atomic mass is 16.5. The zero-order chi connectivity index (χ0) is 11.9. The Balaban J connectivity index is 2.49. The largest absolute Gasteiger partial charge is 0.464 e. The topological polar surface area (TPSA) is 59.2 Å². The molecule has 0 atom stereocenters. The number of hydrogen-bond acceptors (Lipinski definition) is 3. The van der Waals surface area contributed by atoms with Gasteiger partial charge in [0, 0.05) is 18.2 Å². The molecule has 0 fully saturated rings. The van der Waals surface area contributed by atoms with Crippen molar-refractivity contribution < 1.29 is 14.3 Å². The van der Waals surface area contributed by atoms with E-state index in [-0.39, 0.29) is 11.2 Å². The van der Waals surface area contributed by atoms with Gasteiger partial charge in [-0.25, -0.2) is 4.79 Å². The van der Waals surface area contributed by atoms with Crippen LogP contribution in [0.5, 0.6) is 0 Å². The Kier molecular flexibility index (Phi) is 2.37. The van der Waals surface area contributed by atoms with Gasteiger partial charge in [-0.15, -0.1) is 0 Å². The smallest absolute Gasteiger partial charge is 0.354 e. The van der Waals surface area contributed by atoms with Crippen molar-refractivity contribution >= 4 is 11.8 Å². The predicted octanol–water partition coefficient (Wildman–Crippen LogP) is 1.96. The van der Waals surface area contributed by atoms with Crippen molar-refractivity contribution in [2.75, 3.05) is 7.11 Å². The zero-order valence-electron chi connectivity index (χ0n) is 9.72. The summed E-state index contributed by atoms with van der Waals surface area (Å²) < 4.78 is 4.68. The van der Waals surface area contributed by atoms with E-state index < -0.39 is 5.97 Å². The van der Waals surface area contributed by atoms with Gasteiger partial charge in [0.15, 0.2) is 5.78 Å². The molecule has 4 nitrogen and oxygen atoms in total. The van der Waals surface area contributed by atoms with Crippen LogP contribution in [-0.4, -0.2) is 23.8 Å². The van der Waals surface area contributed by atoms with Crippen molar-refractivity contribution in [3.8, 4) is 0 Å². The average molecular weight is 221 g/mol. The molecular formula is C12H15NO3. The highest BCUT2D eigenvalue weighted by molar-refractivity contribution is 6.02. The molecule has 0 radical (unpaired) electrons. The summed E-state index contributed by atoms with van der Waals surface area (Å²) in [5, 5.41) is 0. The Morgan fingerprint density at radius 2 is 2.12 bits per heavy atom. The molecule has 1 aromatic heterocycles.